The summed E-state index contributed by atoms with van der Waals surface area (Å²) in [4.78, 5) is 24.6. The normalized spacial score (nSPS) is 18.3. The summed E-state index contributed by atoms with van der Waals surface area (Å²) in [5.74, 6) is -1.69. The van der Waals surface area contributed by atoms with Crippen molar-refractivity contribution < 1.29 is 37.3 Å². The molecule has 6 nitrogen and oxygen atoms in total. The van der Waals surface area contributed by atoms with Crippen molar-refractivity contribution in [2.24, 2.45) is 0 Å². The van der Waals surface area contributed by atoms with Crippen LogP contribution < -0.4 is 4.74 Å². The molecular formula is C15H16F3NO5. The highest BCUT2D eigenvalue weighted by atomic mass is 19.4. The smallest absolute Gasteiger partial charge is 0.481 e. The minimum atomic E-state index is -4.77. The number of carbonyl (C=O) groups is 2. The van der Waals surface area contributed by atoms with Crippen molar-refractivity contribution in [3.63, 3.8) is 0 Å². The largest absolute Gasteiger partial charge is 0.573 e. The van der Waals surface area contributed by atoms with Crippen molar-refractivity contribution >= 4 is 11.9 Å². The Morgan fingerprint density at radius 2 is 1.96 bits per heavy atom. The monoisotopic (exact) mass is 347 g/mol. The molecule has 1 amide bonds. The van der Waals surface area contributed by atoms with Crippen molar-refractivity contribution in [2.45, 2.75) is 25.2 Å². The van der Waals surface area contributed by atoms with Crippen LogP contribution in [0.1, 0.15) is 12.0 Å². The highest BCUT2D eigenvalue weighted by Crippen LogP contribution is 2.23. The van der Waals surface area contributed by atoms with Gasteiger partial charge in [-0.3, -0.25) is 9.59 Å². The van der Waals surface area contributed by atoms with E-state index in [0.717, 1.165) is 12.1 Å². The summed E-state index contributed by atoms with van der Waals surface area (Å²) in [7, 11) is 0. The molecule has 24 heavy (non-hydrogen) atoms. The van der Waals surface area contributed by atoms with Crippen molar-refractivity contribution in [1.29, 1.82) is 0 Å². The second kappa shape index (κ2) is 7.52. The summed E-state index contributed by atoms with van der Waals surface area (Å²) < 4.78 is 45.3. The lowest BCUT2D eigenvalue weighted by atomic mass is 10.1. The Bertz CT molecular complexity index is 588. The van der Waals surface area contributed by atoms with Gasteiger partial charge in [0.2, 0.25) is 5.91 Å². The number of morpholine rings is 1. The lowest BCUT2D eigenvalue weighted by molar-refractivity contribution is -0.274. The molecule has 1 atom stereocenters. The fraction of sp³-hybridized carbons (Fsp3) is 0.467. The fourth-order valence-corrected chi connectivity index (χ4v) is 2.44. The number of amides is 1. The van der Waals surface area contributed by atoms with Gasteiger partial charge >= 0.3 is 12.3 Å². The van der Waals surface area contributed by atoms with Crippen LogP contribution in [0.2, 0.25) is 0 Å². The van der Waals surface area contributed by atoms with E-state index in [0.29, 0.717) is 12.2 Å². The zero-order chi connectivity index (χ0) is 17.7. The first-order valence-electron chi connectivity index (χ1n) is 7.18. The summed E-state index contributed by atoms with van der Waals surface area (Å²) in [6.07, 6.45) is -5.03. The van der Waals surface area contributed by atoms with Gasteiger partial charge in [-0.05, 0) is 17.7 Å². The van der Waals surface area contributed by atoms with Crippen LogP contribution >= 0.6 is 0 Å². The summed E-state index contributed by atoms with van der Waals surface area (Å²) in [5, 5.41) is 8.88. The molecule has 1 aliphatic heterocycles. The Labute approximate surface area is 135 Å². The van der Waals surface area contributed by atoms with Crippen molar-refractivity contribution in [3.8, 4) is 5.75 Å². The van der Waals surface area contributed by atoms with E-state index in [4.69, 9.17) is 9.84 Å². The van der Waals surface area contributed by atoms with Crippen LogP contribution in [0, 0.1) is 0 Å². The summed E-state index contributed by atoms with van der Waals surface area (Å²) in [6, 6.07) is 4.45. The number of carbonyl (C=O) groups excluding carboxylic acids is 1. The van der Waals surface area contributed by atoms with E-state index in [2.05, 4.69) is 4.74 Å². The first-order chi connectivity index (χ1) is 11.2. The maximum absolute atomic E-state index is 12.3. The Morgan fingerprint density at radius 3 is 2.54 bits per heavy atom. The van der Waals surface area contributed by atoms with Crippen LogP contribution in [-0.4, -0.2) is 54.0 Å². The molecular weight excluding hydrogens is 331 g/mol. The van der Waals surface area contributed by atoms with Crippen LogP contribution in [0.25, 0.3) is 0 Å². The van der Waals surface area contributed by atoms with Gasteiger partial charge in [0.15, 0.2) is 0 Å². The van der Waals surface area contributed by atoms with Crippen molar-refractivity contribution in [2.75, 3.05) is 19.8 Å². The van der Waals surface area contributed by atoms with Crippen LogP contribution in [0.4, 0.5) is 13.2 Å². The van der Waals surface area contributed by atoms with Gasteiger partial charge in [-0.25, -0.2) is 0 Å². The second-order valence-corrected chi connectivity index (χ2v) is 5.28. The number of alkyl halides is 3. The summed E-state index contributed by atoms with van der Waals surface area (Å²) in [5.41, 5.74) is 0.509. The molecule has 0 spiro atoms. The average molecular weight is 347 g/mol. The van der Waals surface area contributed by atoms with Crippen molar-refractivity contribution in [1.82, 2.24) is 4.90 Å². The number of ether oxygens (including phenoxy) is 2. The standard InChI is InChI=1S/C15H16F3NO5/c16-15(17,18)24-12-3-1-10(2-4-12)7-13(20)19-5-6-23-9-11(19)8-14(21)22/h1-4,11H,5-9H2,(H,21,22). The maximum Gasteiger partial charge on any atom is 0.573 e. The van der Waals surface area contributed by atoms with E-state index in [1.807, 2.05) is 0 Å². The van der Waals surface area contributed by atoms with Crippen LogP contribution in [0.5, 0.6) is 5.75 Å². The highest BCUT2D eigenvalue weighted by Gasteiger charge is 2.31. The van der Waals surface area contributed by atoms with Gasteiger partial charge in [0.1, 0.15) is 5.75 Å². The molecule has 0 radical (unpaired) electrons. The molecule has 1 aromatic carbocycles. The molecule has 0 aromatic heterocycles. The molecule has 1 fully saturated rings. The predicted octanol–water partition coefficient (Wildman–Crippen LogP) is 1.83. The Kier molecular flexibility index (Phi) is 5.66. The number of hydrogen-bond acceptors (Lipinski definition) is 4. The summed E-state index contributed by atoms with van der Waals surface area (Å²) >= 11 is 0. The van der Waals surface area contributed by atoms with E-state index in [1.54, 1.807) is 0 Å². The topological polar surface area (TPSA) is 76.1 Å². The molecule has 1 unspecified atom stereocenters. The number of hydrogen-bond donors (Lipinski definition) is 1. The number of benzene rings is 1. The zero-order valence-electron chi connectivity index (χ0n) is 12.6. The van der Waals surface area contributed by atoms with Gasteiger partial charge in [-0.1, -0.05) is 12.1 Å². The molecule has 0 bridgehead atoms. The molecule has 1 saturated heterocycles. The Balaban J connectivity index is 1.98. The molecule has 1 aromatic rings. The zero-order valence-corrected chi connectivity index (χ0v) is 12.6. The summed E-state index contributed by atoms with van der Waals surface area (Å²) in [6.45, 7) is 0.753. The Hall–Kier alpha value is -2.29. The van der Waals surface area contributed by atoms with Crippen LogP contribution in [0.15, 0.2) is 24.3 Å². The minimum absolute atomic E-state index is 0.0393. The van der Waals surface area contributed by atoms with Gasteiger partial charge in [-0.15, -0.1) is 13.2 Å². The fourth-order valence-electron chi connectivity index (χ4n) is 2.44. The third kappa shape index (κ3) is 5.41. The molecule has 0 aliphatic carbocycles. The molecule has 1 aliphatic rings. The molecule has 0 saturated carbocycles. The maximum atomic E-state index is 12.3. The van der Waals surface area contributed by atoms with Gasteiger partial charge in [0.05, 0.1) is 32.1 Å². The van der Waals surface area contributed by atoms with E-state index >= 15 is 0 Å². The quantitative estimate of drug-likeness (QED) is 0.879. The van der Waals surface area contributed by atoms with Gasteiger partial charge in [0, 0.05) is 6.54 Å². The van der Waals surface area contributed by atoms with Gasteiger partial charge in [0.25, 0.3) is 0 Å². The number of nitrogens with zero attached hydrogens (tertiary/aromatic N) is 1. The van der Waals surface area contributed by atoms with Crippen LogP contribution in [-0.2, 0) is 20.7 Å². The van der Waals surface area contributed by atoms with Crippen molar-refractivity contribution in [3.05, 3.63) is 29.8 Å². The SMILES string of the molecule is O=C(O)CC1COCCN1C(=O)Cc1ccc(OC(F)(F)F)cc1. The number of rotatable bonds is 5. The molecule has 2 rings (SSSR count). The second-order valence-electron chi connectivity index (χ2n) is 5.28. The third-order valence-electron chi connectivity index (χ3n) is 3.47. The van der Waals surface area contributed by atoms with Crippen LogP contribution in [0.3, 0.4) is 0 Å². The first kappa shape index (κ1) is 18.1. The van der Waals surface area contributed by atoms with E-state index in [-0.39, 0.29) is 37.6 Å². The molecule has 9 heteroatoms. The molecule has 1 heterocycles. The number of aliphatic carboxylic acids is 1. The number of carboxylic acids is 1. The van der Waals surface area contributed by atoms with E-state index in [1.165, 1.54) is 17.0 Å². The minimum Gasteiger partial charge on any atom is -0.481 e. The van der Waals surface area contributed by atoms with E-state index in [9.17, 15) is 22.8 Å². The highest BCUT2D eigenvalue weighted by molar-refractivity contribution is 5.80. The van der Waals surface area contributed by atoms with E-state index < -0.39 is 18.4 Å². The molecule has 1 N–H and O–H groups in total. The lowest BCUT2D eigenvalue weighted by Crippen LogP contribution is -2.50. The third-order valence-corrected chi connectivity index (χ3v) is 3.47. The van der Waals surface area contributed by atoms with Gasteiger partial charge in [-0.2, -0.15) is 0 Å². The number of halogens is 3. The predicted molar refractivity (Wildman–Crippen MR) is 75.4 cm³/mol. The first-order valence-corrected chi connectivity index (χ1v) is 7.18. The van der Waals surface area contributed by atoms with Gasteiger partial charge < -0.3 is 19.5 Å². The Morgan fingerprint density at radius 1 is 1.29 bits per heavy atom. The lowest BCUT2D eigenvalue weighted by Gasteiger charge is -2.35. The number of carboxylic acid groups (broad SMARTS) is 1. The average Bonchev–Trinajstić information content (AvgIpc) is 2.47. The molecule has 132 valence electrons.